The smallest absolute Gasteiger partial charge is 0.305 e. The molecule has 6 nitrogen and oxygen atoms in total. The maximum Gasteiger partial charge on any atom is 0.305 e. The molecule has 0 aromatic heterocycles. The number of aliphatic hydroxyl groups excluding tert-OH is 2. The van der Waals surface area contributed by atoms with Gasteiger partial charge in [0.25, 0.3) is 0 Å². The molecule has 1 amide bonds. The number of carbonyl (C=O) groups excluding carboxylic acids is 2. The number of rotatable bonds is 74. The summed E-state index contributed by atoms with van der Waals surface area (Å²) in [5.74, 6) is -0.00752. The van der Waals surface area contributed by atoms with E-state index in [1.54, 1.807) is 0 Å². The molecule has 0 heterocycles. The second-order valence-corrected chi connectivity index (χ2v) is 27.0. The summed E-state index contributed by atoms with van der Waals surface area (Å²) in [6, 6.07) is -0.541. The van der Waals surface area contributed by atoms with Crippen LogP contribution in [-0.2, 0) is 14.3 Å². The standard InChI is InChI=1S/C78H153NO5/c1-3-5-7-9-11-13-15-17-18-19-20-21-22-31-34-37-40-43-47-50-54-58-62-66-70-76(81)75(74-80)79-77(82)71-67-63-59-55-51-48-44-41-38-35-32-29-27-25-23-24-26-28-30-33-36-39-42-45-49-53-57-61-65-69-73-84-78(83)72-68-64-60-56-52-46-16-14-12-10-8-6-4-2/h24,26,75-76,80-81H,3-23,25,27-74H2,1-2H3,(H,79,82)/b26-24-. The van der Waals surface area contributed by atoms with Crippen molar-refractivity contribution in [2.24, 2.45) is 0 Å². The van der Waals surface area contributed by atoms with E-state index < -0.39 is 12.1 Å². The van der Waals surface area contributed by atoms with Gasteiger partial charge in [-0.25, -0.2) is 0 Å². The van der Waals surface area contributed by atoms with Gasteiger partial charge in [-0.2, -0.15) is 0 Å². The number of nitrogens with one attached hydrogen (secondary N) is 1. The SMILES string of the molecule is CCCCCCCCCCCCCCCCCCCCCCCCCCC(O)C(CO)NC(=O)CCCCCCCCCCCCCCCC/C=C\CCCCCCCCCCCCCCOC(=O)CCCCCCCCCCCCCCC. The summed E-state index contributed by atoms with van der Waals surface area (Å²) in [5.41, 5.74) is 0. The first-order chi connectivity index (χ1) is 41.5. The molecule has 6 heteroatoms. The predicted octanol–water partition coefficient (Wildman–Crippen LogP) is 25.5. The molecule has 0 saturated heterocycles. The molecule has 0 aromatic carbocycles. The van der Waals surface area contributed by atoms with E-state index in [9.17, 15) is 19.8 Å². The van der Waals surface area contributed by atoms with Crippen molar-refractivity contribution in [3.63, 3.8) is 0 Å². The average molecular weight is 1190 g/mol. The van der Waals surface area contributed by atoms with Crippen LogP contribution in [0.4, 0.5) is 0 Å². The second-order valence-electron chi connectivity index (χ2n) is 27.0. The Morgan fingerprint density at radius 3 is 0.845 bits per heavy atom. The Morgan fingerprint density at radius 2 is 0.560 bits per heavy atom. The van der Waals surface area contributed by atoms with Gasteiger partial charge in [-0.3, -0.25) is 9.59 Å². The third kappa shape index (κ3) is 69.7. The summed E-state index contributed by atoms with van der Waals surface area (Å²) in [5, 5.41) is 23.5. The fourth-order valence-electron chi connectivity index (χ4n) is 12.6. The van der Waals surface area contributed by atoms with Gasteiger partial charge in [0.05, 0.1) is 25.4 Å². The minimum atomic E-state index is -0.664. The van der Waals surface area contributed by atoms with Gasteiger partial charge in [0, 0.05) is 12.8 Å². The van der Waals surface area contributed by atoms with Gasteiger partial charge < -0.3 is 20.3 Å². The van der Waals surface area contributed by atoms with Crippen molar-refractivity contribution >= 4 is 11.9 Å². The minimum Gasteiger partial charge on any atom is -0.466 e. The molecule has 2 atom stereocenters. The summed E-state index contributed by atoms with van der Waals surface area (Å²) in [6.45, 7) is 5.01. The normalized spacial score (nSPS) is 12.5. The lowest BCUT2D eigenvalue weighted by molar-refractivity contribution is -0.143. The average Bonchev–Trinajstić information content (AvgIpc) is 3.53. The molecular weight excluding hydrogens is 1030 g/mol. The Balaban J connectivity index is 3.36. The van der Waals surface area contributed by atoms with Crippen LogP contribution in [0.1, 0.15) is 450 Å². The van der Waals surface area contributed by atoms with Crippen molar-refractivity contribution in [3.05, 3.63) is 12.2 Å². The number of unbranched alkanes of at least 4 members (excludes halogenated alkanes) is 61. The summed E-state index contributed by atoms with van der Waals surface area (Å²) < 4.78 is 5.49. The van der Waals surface area contributed by atoms with Crippen LogP contribution >= 0.6 is 0 Å². The van der Waals surface area contributed by atoms with E-state index in [4.69, 9.17) is 4.74 Å². The van der Waals surface area contributed by atoms with Gasteiger partial charge >= 0.3 is 5.97 Å². The van der Waals surface area contributed by atoms with Gasteiger partial charge in [-0.1, -0.05) is 398 Å². The first kappa shape index (κ1) is 82.6. The van der Waals surface area contributed by atoms with Crippen molar-refractivity contribution in [2.75, 3.05) is 13.2 Å². The lowest BCUT2D eigenvalue weighted by Gasteiger charge is -2.22. The lowest BCUT2D eigenvalue weighted by Crippen LogP contribution is -2.45. The van der Waals surface area contributed by atoms with Crippen LogP contribution in [-0.4, -0.2) is 47.4 Å². The Bertz CT molecular complexity index is 1270. The van der Waals surface area contributed by atoms with E-state index in [2.05, 4.69) is 31.3 Å². The van der Waals surface area contributed by atoms with Crippen molar-refractivity contribution in [3.8, 4) is 0 Å². The van der Waals surface area contributed by atoms with Crippen LogP contribution < -0.4 is 5.32 Å². The van der Waals surface area contributed by atoms with Gasteiger partial charge in [0.15, 0.2) is 0 Å². The molecule has 0 fully saturated rings. The fraction of sp³-hybridized carbons (Fsp3) is 0.949. The number of ether oxygens (including phenoxy) is 1. The van der Waals surface area contributed by atoms with Crippen LogP contribution in [0.25, 0.3) is 0 Å². The molecule has 0 aromatic rings. The molecule has 500 valence electrons. The van der Waals surface area contributed by atoms with Crippen LogP contribution in [0.15, 0.2) is 12.2 Å². The number of carbonyl (C=O) groups is 2. The van der Waals surface area contributed by atoms with Gasteiger partial charge in [0.1, 0.15) is 0 Å². The molecule has 2 unspecified atom stereocenters. The van der Waals surface area contributed by atoms with Crippen LogP contribution in [0.5, 0.6) is 0 Å². The van der Waals surface area contributed by atoms with E-state index in [1.807, 2.05) is 0 Å². The molecule has 0 radical (unpaired) electrons. The zero-order chi connectivity index (χ0) is 60.6. The predicted molar refractivity (Wildman–Crippen MR) is 370 cm³/mol. The summed E-state index contributed by atoms with van der Waals surface area (Å²) in [7, 11) is 0. The van der Waals surface area contributed by atoms with Gasteiger partial charge in [-0.05, 0) is 51.4 Å². The number of hydrogen-bond acceptors (Lipinski definition) is 5. The summed E-state index contributed by atoms with van der Waals surface area (Å²) in [6.07, 6.45) is 92.9. The molecular formula is C78H153NO5. The summed E-state index contributed by atoms with van der Waals surface area (Å²) in [4.78, 5) is 24.6. The number of esters is 1. The highest BCUT2D eigenvalue weighted by atomic mass is 16.5. The van der Waals surface area contributed by atoms with Crippen molar-refractivity contribution in [2.45, 2.75) is 463 Å². The number of amides is 1. The third-order valence-corrected chi connectivity index (χ3v) is 18.6. The minimum absolute atomic E-state index is 0.0199. The molecule has 0 saturated carbocycles. The topological polar surface area (TPSA) is 95.9 Å². The van der Waals surface area contributed by atoms with E-state index in [0.717, 1.165) is 38.5 Å². The van der Waals surface area contributed by atoms with E-state index >= 15 is 0 Å². The van der Waals surface area contributed by atoms with E-state index in [-0.39, 0.29) is 18.5 Å². The van der Waals surface area contributed by atoms with Crippen molar-refractivity contribution < 1.29 is 24.5 Å². The molecule has 0 spiro atoms. The van der Waals surface area contributed by atoms with Crippen LogP contribution in [0.2, 0.25) is 0 Å². The monoisotopic (exact) mass is 1180 g/mol. The van der Waals surface area contributed by atoms with Crippen LogP contribution in [0, 0.1) is 0 Å². The van der Waals surface area contributed by atoms with Gasteiger partial charge in [-0.15, -0.1) is 0 Å². The third-order valence-electron chi connectivity index (χ3n) is 18.6. The molecule has 0 aliphatic carbocycles. The largest absolute Gasteiger partial charge is 0.466 e. The zero-order valence-corrected chi connectivity index (χ0v) is 57.4. The van der Waals surface area contributed by atoms with Crippen LogP contribution in [0.3, 0.4) is 0 Å². The maximum absolute atomic E-state index is 12.6. The molecule has 3 N–H and O–H groups in total. The quantitative estimate of drug-likeness (QED) is 0.0320. The first-order valence-electron chi connectivity index (χ1n) is 38.9. The van der Waals surface area contributed by atoms with Crippen molar-refractivity contribution in [1.82, 2.24) is 5.32 Å². The first-order valence-corrected chi connectivity index (χ1v) is 38.9. The Kier molecular flexibility index (Phi) is 72.8. The van der Waals surface area contributed by atoms with Gasteiger partial charge in [0.2, 0.25) is 5.91 Å². The van der Waals surface area contributed by atoms with E-state index in [1.165, 1.54) is 379 Å². The highest BCUT2D eigenvalue weighted by molar-refractivity contribution is 5.76. The molecule has 84 heavy (non-hydrogen) atoms. The Labute approximate surface area is 527 Å². The number of aliphatic hydroxyl groups is 2. The fourth-order valence-corrected chi connectivity index (χ4v) is 12.6. The Hall–Kier alpha value is -1.40. The second kappa shape index (κ2) is 74.1. The van der Waals surface area contributed by atoms with Crippen molar-refractivity contribution in [1.29, 1.82) is 0 Å². The highest BCUT2D eigenvalue weighted by Gasteiger charge is 2.20. The molecule has 0 aliphatic heterocycles. The highest BCUT2D eigenvalue weighted by Crippen LogP contribution is 2.20. The lowest BCUT2D eigenvalue weighted by atomic mass is 10.0. The Morgan fingerprint density at radius 1 is 0.321 bits per heavy atom. The zero-order valence-electron chi connectivity index (χ0n) is 57.4. The number of allylic oxidation sites excluding steroid dienone is 2. The molecule has 0 rings (SSSR count). The molecule has 0 aliphatic rings. The maximum atomic E-state index is 12.6. The molecule has 0 bridgehead atoms. The number of hydrogen-bond donors (Lipinski definition) is 3. The van der Waals surface area contributed by atoms with E-state index in [0.29, 0.717) is 25.9 Å². The summed E-state index contributed by atoms with van der Waals surface area (Å²) >= 11 is 0.